The van der Waals surface area contributed by atoms with Crippen molar-refractivity contribution >= 4 is 0 Å². The molecule has 0 radical (unpaired) electrons. The van der Waals surface area contributed by atoms with Gasteiger partial charge in [0.25, 0.3) is 0 Å². The molecular weight excluding hydrogens is 120 g/mol. The van der Waals surface area contributed by atoms with Crippen molar-refractivity contribution in [3.05, 3.63) is 0 Å². The van der Waals surface area contributed by atoms with E-state index in [2.05, 4.69) is 13.8 Å². The molecule has 0 unspecified atom stereocenters. The largest absolute Gasteiger partial charge is 0.0683 e. The highest BCUT2D eigenvalue weighted by Crippen LogP contribution is 2.03. The van der Waals surface area contributed by atoms with Gasteiger partial charge in [0.2, 0.25) is 0 Å². The molecule has 0 nitrogen and oxygen atoms in total. The van der Waals surface area contributed by atoms with E-state index in [1.807, 2.05) is 13.8 Å². The average Bonchev–Trinajstić information content (AvgIpc) is 2.02. The molecule has 0 amide bonds. The minimum Gasteiger partial charge on any atom is -0.0683 e. The first-order valence-electron chi connectivity index (χ1n) is 4.91. The Balaban J connectivity index is 0. The zero-order chi connectivity index (χ0) is 8.24. The summed E-state index contributed by atoms with van der Waals surface area (Å²) in [5.74, 6) is 0. The van der Waals surface area contributed by atoms with Gasteiger partial charge in [-0.3, -0.25) is 0 Å². The molecule has 0 saturated carbocycles. The monoisotopic (exact) mass is 144 g/mol. The van der Waals surface area contributed by atoms with E-state index in [4.69, 9.17) is 0 Å². The lowest BCUT2D eigenvalue weighted by molar-refractivity contribution is 0.624. The molecule has 64 valence electrons. The molecule has 0 aromatic rings. The van der Waals surface area contributed by atoms with Crippen LogP contribution in [-0.4, -0.2) is 0 Å². The van der Waals surface area contributed by atoms with Gasteiger partial charge in [0.05, 0.1) is 0 Å². The summed E-state index contributed by atoms with van der Waals surface area (Å²) in [6, 6.07) is 0. The third kappa shape index (κ3) is 15.7. The van der Waals surface area contributed by atoms with Crippen LogP contribution in [0.2, 0.25) is 0 Å². The van der Waals surface area contributed by atoms with Crippen LogP contribution in [0.25, 0.3) is 0 Å². The second kappa shape index (κ2) is 16.0. The van der Waals surface area contributed by atoms with Gasteiger partial charge >= 0.3 is 0 Å². The molecule has 10 heavy (non-hydrogen) atoms. The van der Waals surface area contributed by atoms with E-state index < -0.39 is 0 Å². The normalized spacial score (nSPS) is 8.40. The summed E-state index contributed by atoms with van der Waals surface area (Å²) in [5.41, 5.74) is 0. The van der Waals surface area contributed by atoms with Crippen LogP contribution in [0.1, 0.15) is 66.2 Å². The molecule has 0 aliphatic heterocycles. The van der Waals surface area contributed by atoms with Gasteiger partial charge in [-0.1, -0.05) is 66.2 Å². The van der Waals surface area contributed by atoms with Crippen molar-refractivity contribution in [3.63, 3.8) is 0 Å². The van der Waals surface area contributed by atoms with Crippen molar-refractivity contribution < 1.29 is 0 Å². The third-order valence-electron chi connectivity index (χ3n) is 1.46. The number of hydrogen-bond donors (Lipinski definition) is 0. The first-order chi connectivity index (χ1) is 4.91. The maximum atomic E-state index is 2.26. The minimum absolute atomic E-state index is 1.36. The van der Waals surface area contributed by atoms with Crippen LogP contribution < -0.4 is 0 Å². The van der Waals surface area contributed by atoms with Crippen molar-refractivity contribution in [1.29, 1.82) is 0 Å². The summed E-state index contributed by atoms with van der Waals surface area (Å²) in [6.45, 7) is 8.51. The van der Waals surface area contributed by atoms with Crippen LogP contribution in [0.4, 0.5) is 0 Å². The van der Waals surface area contributed by atoms with E-state index in [-0.39, 0.29) is 0 Å². The molecule has 0 aliphatic carbocycles. The maximum Gasteiger partial charge on any atom is -0.0533 e. The molecule has 0 atom stereocenters. The molecule has 0 N–H and O–H groups in total. The van der Waals surface area contributed by atoms with Crippen LogP contribution in [0.5, 0.6) is 0 Å². The summed E-state index contributed by atoms with van der Waals surface area (Å²) in [7, 11) is 0. The van der Waals surface area contributed by atoms with Crippen LogP contribution in [0, 0.1) is 0 Å². The highest BCUT2D eigenvalue weighted by Gasteiger charge is 1.83. The van der Waals surface area contributed by atoms with Crippen molar-refractivity contribution in [2.75, 3.05) is 0 Å². The Labute approximate surface area is 67.0 Å². The molecule has 0 fully saturated rings. The van der Waals surface area contributed by atoms with Gasteiger partial charge in [-0.2, -0.15) is 0 Å². The van der Waals surface area contributed by atoms with Crippen molar-refractivity contribution in [2.24, 2.45) is 0 Å². The lowest BCUT2D eigenvalue weighted by Crippen LogP contribution is -1.73. The quantitative estimate of drug-likeness (QED) is 0.502. The molecule has 0 saturated heterocycles. The maximum absolute atomic E-state index is 2.26. The Morgan fingerprint density at radius 1 is 0.600 bits per heavy atom. The second-order valence-electron chi connectivity index (χ2n) is 2.41. The van der Waals surface area contributed by atoms with Gasteiger partial charge in [-0.05, 0) is 0 Å². The van der Waals surface area contributed by atoms with Gasteiger partial charge in [0.15, 0.2) is 0 Å². The van der Waals surface area contributed by atoms with E-state index >= 15 is 0 Å². The predicted octanol–water partition coefficient (Wildman–Crippen LogP) is 4.39. The Hall–Kier alpha value is 0. The minimum atomic E-state index is 1.36. The molecule has 0 heteroatoms. The molecule has 0 aromatic heterocycles. The molecule has 0 rings (SSSR count). The summed E-state index contributed by atoms with van der Waals surface area (Å²) >= 11 is 0. The number of hydrogen-bond acceptors (Lipinski definition) is 0. The lowest BCUT2D eigenvalue weighted by Gasteiger charge is -1.93. The van der Waals surface area contributed by atoms with Gasteiger partial charge in [0.1, 0.15) is 0 Å². The third-order valence-corrected chi connectivity index (χ3v) is 1.46. The Morgan fingerprint density at radius 2 is 0.900 bits per heavy atom. The summed E-state index contributed by atoms with van der Waals surface area (Å²) < 4.78 is 0. The summed E-state index contributed by atoms with van der Waals surface area (Å²) in [5, 5.41) is 0. The van der Waals surface area contributed by atoms with E-state index in [1.54, 1.807) is 0 Å². The lowest BCUT2D eigenvalue weighted by atomic mass is 10.1. The summed E-state index contributed by atoms with van der Waals surface area (Å²) in [4.78, 5) is 0. The highest BCUT2D eigenvalue weighted by atomic mass is 13.9. The molecular formula is C10H24. The van der Waals surface area contributed by atoms with Crippen molar-refractivity contribution in [2.45, 2.75) is 66.2 Å². The Bertz CT molecular complexity index is 25.0. The van der Waals surface area contributed by atoms with E-state index in [1.165, 1.54) is 38.5 Å². The summed E-state index contributed by atoms with van der Waals surface area (Å²) in [6.07, 6.45) is 8.49. The standard InChI is InChI=1S/C8H18.C2H6/c1-3-5-7-8-6-4-2;1-2/h3-8H2,1-2H3;1-2H3. The second-order valence-corrected chi connectivity index (χ2v) is 2.41. The fourth-order valence-corrected chi connectivity index (χ4v) is 0.854. The zero-order valence-corrected chi connectivity index (χ0v) is 8.24. The molecule has 0 aromatic carbocycles. The van der Waals surface area contributed by atoms with Crippen LogP contribution >= 0.6 is 0 Å². The van der Waals surface area contributed by atoms with E-state index in [0.29, 0.717) is 0 Å². The number of rotatable bonds is 5. The fourth-order valence-electron chi connectivity index (χ4n) is 0.854. The SMILES string of the molecule is CC.CCCCCCCC. The molecule has 0 aliphatic rings. The number of unbranched alkanes of at least 4 members (excludes halogenated alkanes) is 5. The first kappa shape index (κ1) is 12.7. The highest BCUT2D eigenvalue weighted by molar-refractivity contribution is 4.39. The predicted molar refractivity (Wildman–Crippen MR) is 50.4 cm³/mol. The van der Waals surface area contributed by atoms with Crippen LogP contribution in [0.15, 0.2) is 0 Å². The van der Waals surface area contributed by atoms with Gasteiger partial charge in [-0.15, -0.1) is 0 Å². The van der Waals surface area contributed by atoms with Gasteiger partial charge in [0, 0.05) is 0 Å². The van der Waals surface area contributed by atoms with E-state index in [0.717, 1.165) is 0 Å². The Kier molecular flexibility index (Phi) is 20.2. The van der Waals surface area contributed by atoms with Gasteiger partial charge < -0.3 is 0 Å². The van der Waals surface area contributed by atoms with Crippen molar-refractivity contribution in [3.8, 4) is 0 Å². The average molecular weight is 144 g/mol. The fraction of sp³-hybridized carbons (Fsp3) is 1.00. The van der Waals surface area contributed by atoms with Crippen molar-refractivity contribution in [1.82, 2.24) is 0 Å². The Morgan fingerprint density at radius 3 is 1.10 bits per heavy atom. The topological polar surface area (TPSA) is 0 Å². The van der Waals surface area contributed by atoms with Gasteiger partial charge in [-0.25, -0.2) is 0 Å². The molecule has 0 heterocycles. The van der Waals surface area contributed by atoms with E-state index in [9.17, 15) is 0 Å². The zero-order valence-electron chi connectivity index (χ0n) is 8.24. The smallest absolute Gasteiger partial charge is 0.0533 e. The van der Waals surface area contributed by atoms with Crippen LogP contribution in [0.3, 0.4) is 0 Å². The van der Waals surface area contributed by atoms with Crippen LogP contribution in [-0.2, 0) is 0 Å². The molecule has 0 spiro atoms. The first-order valence-corrected chi connectivity index (χ1v) is 4.91. The molecule has 0 bridgehead atoms.